The number of nitrogens with one attached hydrogen (secondary N) is 1. The van der Waals surface area contributed by atoms with Crippen molar-refractivity contribution in [2.45, 2.75) is 6.92 Å². The number of aromatic nitrogens is 2. The molecule has 1 amide bonds. The molecule has 0 saturated carbocycles. The van der Waals surface area contributed by atoms with Gasteiger partial charge in [-0.2, -0.15) is 0 Å². The third-order valence-corrected chi connectivity index (χ3v) is 3.77. The van der Waals surface area contributed by atoms with Gasteiger partial charge in [0.1, 0.15) is 12.2 Å². The Morgan fingerprint density at radius 1 is 1.15 bits per heavy atom. The molecule has 0 aliphatic heterocycles. The first kappa shape index (κ1) is 17.2. The summed E-state index contributed by atoms with van der Waals surface area (Å²) in [5.41, 5.74) is 2.72. The first-order chi connectivity index (χ1) is 12.5. The van der Waals surface area contributed by atoms with Crippen LogP contribution in [0.4, 0.5) is 5.69 Å². The van der Waals surface area contributed by atoms with Gasteiger partial charge in [0.15, 0.2) is 5.69 Å². The van der Waals surface area contributed by atoms with Gasteiger partial charge in [-0.15, -0.1) is 4.91 Å². The molecule has 1 aromatic carbocycles. The molecule has 8 nitrogen and oxygen atoms in total. The largest absolute Gasteiger partial charge is 0.480 e. The summed E-state index contributed by atoms with van der Waals surface area (Å²) in [6.45, 7) is 1.40. The lowest BCUT2D eigenvalue weighted by Gasteiger charge is -2.08. The van der Waals surface area contributed by atoms with Gasteiger partial charge in [0.25, 0.3) is 5.91 Å². The summed E-state index contributed by atoms with van der Waals surface area (Å²) in [5.74, 6) is -1.99. The Balaban J connectivity index is 2.03. The van der Waals surface area contributed by atoms with Crippen LogP contribution in [0.5, 0.6) is 0 Å². The number of carboxylic acids is 1. The van der Waals surface area contributed by atoms with Crippen molar-refractivity contribution in [3.8, 4) is 11.3 Å². The smallest absolute Gasteiger partial charge is 0.322 e. The summed E-state index contributed by atoms with van der Waals surface area (Å²) in [5, 5.41) is 14.1. The molecule has 0 aliphatic rings. The molecule has 3 aromatic rings. The van der Waals surface area contributed by atoms with E-state index in [1.165, 1.54) is 6.20 Å². The summed E-state index contributed by atoms with van der Waals surface area (Å²) in [6.07, 6.45) is 1.36. The van der Waals surface area contributed by atoms with Crippen LogP contribution in [0.1, 0.15) is 16.1 Å². The number of fused-ring (bicyclic) bond motifs is 1. The predicted molar refractivity (Wildman–Crippen MR) is 95.1 cm³/mol. The van der Waals surface area contributed by atoms with E-state index >= 15 is 0 Å². The summed E-state index contributed by atoms with van der Waals surface area (Å²) in [4.78, 5) is 42.3. The number of carbonyl (C=O) groups is 2. The van der Waals surface area contributed by atoms with Crippen molar-refractivity contribution in [3.05, 3.63) is 58.8 Å². The van der Waals surface area contributed by atoms with Crippen molar-refractivity contribution >= 4 is 28.5 Å². The Hall–Kier alpha value is -3.68. The SMILES string of the molecule is Cc1ccc(-c2ccc3c(N=O)c(C(=O)NCC(=O)O)ncc3n2)cc1. The van der Waals surface area contributed by atoms with Gasteiger partial charge in [0.2, 0.25) is 0 Å². The molecule has 0 unspecified atom stereocenters. The first-order valence-corrected chi connectivity index (χ1v) is 7.69. The van der Waals surface area contributed by atoms with Crippen molar-refractivity contribution in [1.82, 2.24) is 15.3 Å². The number of aliphatic carboxylic acids is 1. The lowest BCUT2D eigenvalue weighted by atomic mass is 10.1. The van der Waals surface area contributed by atoms with Gasteiger partial charge in [-0.3, -0.25) is 9.59 Å². The second-order valence-corrected chi connectivity index (χ2v) is 5.62. The van der Waals surface area contributed by atoms with Gasteiger partial charge < -0.3 is 10.4 Å². The number of hydrogen-bond donors (Lipinski definition) is 2. The van der Waals surface area contributed by atoms with Crippen LogP contribution in [0, 0.1) is 11.8 Å². The van der Waals surface area contributed by atoms with Crippen LogP contribution < -0.4 is 5.32 Å². The molecule has 0 atom stereocenters. The number of rotatable bonds is 5. The van der Waals surface area contributed by atoms with Crippen molar-refractivity contribution in [2.75, 3.05) is 6.54 Å². The van der Waals surface area contributed by atoms with Crippen LogP contribution in [-0.2, 0) is 4.79 Å². The lowest BCUT2D eigenvalue weighted by Crippen LogP contribution is -2.29. The van der Waals surface area contributed by atoms with E-state index in [9.17, 15) is 14.5 Å². The Bertz CT molecular complexity index is 1020. The van der Waals surface area contributed by atoms with Gasteiger partial charge in [0, 0.05) is 10.9 Å². The molecule has 2 heterocycles. The van der Waals surface area contributed by atoms with E-state index in [1.54, 1.807) is 12.1 Å². The molecule has 130 valence electrons. The number of nitrogens with zero attached hydrogens (tertiary/aromatic N) is 3. The molecular weight excluding hydrogens is 336 g/mol. The monoisotopic (exact) mass is 350 g/mol. The van der Waals surface area contributed by atoms with Crippen LogP contribution in [0.2, 0.25) is 0 Å². The highest BCUT2D eigenvalue weighted by Gasteiger charge is 2.18. The Kier molecular flexibility index (Phi) is 4.66. The summed E-state index contributed by atoms with van der Waals surface area (Å²) < 4.78 is 0. The molecule has 2 N–H and O–H groups in total. The number of carboxylic acid groups (broad SMARTS) is 1. The van der Waals surface area contributed by atoms with E-state index in [0.717, 1.165) is 11.1 Å². The second-order valence-electron chi connectivity index (χ2n) is 5.62. The molecule has 26 heavy (non-hydrogen) atoms. The number of benzene rings is 1. The van der Waals surface area contributed by atoms with Gasteiger partial charge in [-0.05, 0) is 24.2 Å². The molecule has 2 aromatic heterocycles. The first-order valence-electron chi connectivity index (χ1n) is 7.69. The van der Waals surface area contributed by atoms with Crippen LogP contribution in [0.3, 0.4) is 0 Å². The Labute approximate surface area is 147 Å². The zero-order valence-corrected chi connectivity index (χ0v) is 13.8. The number of amides is 1. The Morgan fingerprint density at radius 2 is 1.88 bits per heavy atom. The average Bonchev–Trinajstić information content (AvgIpc) is 2.65. The van der Waals surface area contributed by atoms with Crippen molar-refractivity contribution < 1.29 is 14.7 Å². The highest BCUT2D eigenvalue weighted by atomic mass is 16.4. The summed E-state index contributed by atoms with van der Waals surface area (Å²) in [7, 11) is 0. The number of hydrogen-bond acceptors (Lipinski definition) is 6. The van der Waals surface area contributed by atoms with Crippen molar-refractivity contribution in [2.24, 2.45) is 5.18 Å². The topological polar surface area (TPSA) is 122 Å². The van der Waals surface area contributed by atoms with E-state index in [-0.39, 0.29) is 11.4 Å². The standard InChI is InChI=1S/C18H14N4O4/c1-10-2-4-11(5-3-10)13-7-6-12-14(21-13)8-19-17(16(12)22-26)18(25)20-9-15(23)24/h2-8H,9H2,1H3,(H,20,25)(H,23,24). The van der Waals surface area contributed by atoms with E-state index < -0.39 is 18.4 Å². The molecular formula is C18H14N4O4. The fraction of sp³-hybridized carbons (Fsp3) is 0.111. The highest BCUT2D eigenvalue weighted by Crippen LogP contribution is 2.29. The number of pyridine rings is 2. The lowest BCUT2D eigenvalue weighted by molar-refractivity contribution is -0.135. The molecule has 0 fully saturated rings. The Morgan fingerprint density at radius 3 is 2.54 bits per heavy atom. The van der Waals surface area contributed by atoms with Crippen molar-refractivity contribution in [3.63, 3.8) is 0 Å². The van der Waals surface area contributed by atoms with Gasteiger partial charge in [-0.25, -0.2) is 9.97 Å². The quantitative estimate of drug-likeness (QED) is 0.682. The molecule has 0 radical (unpaired) electrons. The fourth-order valence-electron chi connectivity index (χ4n) is 2.47. The number of aryl methyl sites for hydroxylation is 1. The van der Waals surface area contributed by atoms with Crippen LogP contribution in [-0.4, -0.2) is 33.5 Å². The third-order valence-electron chi connectivity index (χ3n) is 3.77. The normalized spacial score (nSPS) is 10.5. The van der Waals surface area contributed by atoms with E-state index in [4.69, 9.17) is 5.11 Å². The maximum Gasteiger partial charge on any atom is 0.322 e. The number of nitroso groups, excluding NO2 is 1. The molecule has 0 saturated heterocycles. The number of carbonyl (C=O) groups excluding carboxylic acids is 1. The highest BCUT2D eigenvalue weighted by molar-refractivity contribution is 6.05. The van der Waals surface area contributed by atoms with Crippen LogP contribution in [0.15, 0.2) is 47.8 Å². The minimum absolute atomic E-state index is 0.173. The van der Waals surface area contributed by atoms with Gasteiger partial charge in [0.05, 0.1) is 17.4 Å². The van der Waals surface area contributed by atoms with E-state index in [2.05, 4.69) is 20.5 Å². The van der Waals surface area contributed by atoms with Crippen LogP contribution >= 0.6 is 0 Å². The summed E-state index contributed by atoms with van der Waals surface area (Å²) in [6, 6.07) is 11.2. The third kappa shape index (κ3) is 3.39. The molecule has 3 rings (SSSR count). The fourth-order valence-corrected chi connectivity index (χ4v) is 2.47. The predicted octanol–water partition coefficient (Wildman–Crippen LogP) is 2.82. The average molecular weight is 350 g/mol. The molecule has 8 heteroatoms. The van der Waals surface area contributed by atoms with Crippen LogP contribution in [0.25, 0.3) is 22.2 Å². The minimum atomic E-state index is -1.20. The molecule has 0 spiro atoms. The zero-order chi connectivity index (χ0) is 18.7. The van der Waals surface area contributed by atoms with E-state index in [1.807, 2.05) is 31.2 Å². The molecule has 0 bridgehead atoms. The zero-order valence-electron chi connectivity index (χ0n) is 13.8. The second kappa shape index (κ2) is 7.06. The maximum atomic E-state index is 12.0. The summed E-state index contributed by atoms with van der Waals surface area (Å²) >= 11 is 0. The van der Waals surface area contributed by atoms with Gasteiger partial charge in [-0.1, -0.05) is 29.8 Å². The van der Waals surface area contributed by atoms with Gasteiger partial charge >= 0.3 is 5.97 Å². The van der Waals surface area contributed by atoms with Crippen molar-refractivity contribution in [1.29, 1.82) is 0 Å². The molecule has 0 aliphatic carbocycles. The van der Waals surface area contributed by atoms with E-state index in [0.29, 0.717) is 16.6 Å². The minimum Gasteiger partial charge on any atom is -0.480 e. The maximum absolute atomic E-state index is 12.0.